The molecule has 4 atom stereocenters. The van der Waals surface area contributed by atoms with E-state index >= 15 is 0 Å². The maximum atomic E-state index is 14.1. The number of nitrogens with zero attached hydrogens (tertiary/aromatic N) is 1. The number of aromatic nitrogens is 1. The summed E-state index contributed by atoms with van der Waals surface area (Å²) in [7, 11) is 0. The van der Waals surface area contributed by atoms with Gasteiger partial charge in [0.05, 0.1) is 12.6 Å². The Hall–Kier alpha value is -4.60. The zero-order valence-corrected chi connectivity index (χ0v) is 28.3. The Morgan fingerprint density at radius 2 is 1.83 bits per heavy atom. The molecule has 0 radical (unpaired) electrons. The Bertz CT molecular complexity index is 1620. The van der Waals surface area contributed by atoms with Gasteiger partial charge < -0.3 is 19.9 Å². The van der Waals surface area contributed by atoms with Crippen LogP contribution in [0.3, 0.4) is 0 Å². The number of nitrogens with one attached hydrogen (secondary N) is 2. The number of esters is 1. The summed E-state index contributed by atoms with van der Waals surface area (Å²) in [4.78, 5) is 66.1. The summed E-state index contributed by atoms with van der Waals surface area (Å²) in [6.45, 7) is 7.56. The number of hydrogen-bond acceptors (Lipinski definition) is 8. The standard InChI is InChI=1S/C38H47N3O7/c1-5-47-36(44)18-17-30(21-28-12-7-9-16-34(28)42)39-37(45)29(19-24(2)3)23-35(43)32(40-38(46)33-20-25(4)48-41-33)22-27-14-10-13-26-11-6-8-15-31(26)27/h6,8,10-11,13-15,17-18,20,24,28-30,32H,5,7,9,12,16,19,21-23H2,1-4H3,(H,39,45)(H,40,46)/b18-17+/t28-,29?,30+,32-/m0/s1. The van der Waals surface area contributed by atoms with E-state index in [9.17, 15) is 24.0 Å². The van der Waals surface area contributed by atoms with Crippen molar-refractivity contribution in [1.29, 1.82) is 0 Å². The first-order valence-corrected chi connectivity index (χ1v) is 17.0. The number of aryl methyl sites for hydroxylation is 1. The maximum absolute atomic E-state index is 14.1. The van der Waals surface area contributed by atoms with Crippen molar-refractivity contribution in [3.05, 3.63) is 77.7 Å². The highest BCUT2D eigenvalue weighted by Gasteiger charge is 2.32. The molecule has 1 saturated carbocycles. The van der Waals surface area contributed by atoms with E-state index in [0.717, 1.165) is 35.6 Å². The second kappa shape index (κ2) is 17.5. The van der Waals surface area contributed by atoms with Crippen molar-refractivity contribution < 1.29 is 33.2 Å². The minimum absolute atomic E-state index is 0.0631. The number of amides is 2. The van der Waals surface area contributed by atoms with Crippen LogP contribution in [0.5, 0.6) is 0 Å². The van der Waals surface area contributed by atoms with Gasteiger partial charge in [-0.15, -0.1) is 0 Å². The van der Waals surface area contributed by atoms with Gasteiger partial charge in [0.2, 0.25) is 5.91 Å². The smallest absolute Gasteiger partial charge is 0.330 e. The van der Waals surface area contributed by atoms with E-state index in [4.69, 9.17) is 9.26 Å². The molecule has 0 bridgehead atoms. The van der Waals surface area contributed by atoms with E-state index < -0.39 is 29.9 Å². The van der Waals surface area contributed by atoms with Crippen molar-refractivity contribution in [2.45, 2.75) is 91.1 Å². The minimum atomic E-state index is -0.942. The van der Waals surface area contributed by atoms with E-state index in [1.54, 1.807) is 19.9 Å². The van der Waals surface area contributed by atoms with Gasteiger partial charge in [-0.25, -0.2) is 4.79 Å². The average Bonchev–Trinajstić information content (AvgIpc) is 3.50. The van der Waals surface area contributed by atoms with Crippen molar-refractivity contribution in [2.24, 2.45) is 17.8 Å². The molecule has 1 unspecified atom stereocenters. The molecule has 2 amide bonds. The minimum Gasteiger partial charge on any atom is -0.463 e. The summed E-state index contributed by atoms with van der Waals surface area (Å²) in [5.41, 5.74) is 0.947. The summed E-state index contributed by atoms with van der Waals surface area (Å²) < 4.78 is 10.1. The van der Waals surface area contributed by atoms with Gasteiger partial charge in [0, 0.05) is 49.3 Å². The molecule has 1 fully saturated rings. The number of ketones is 2. The number of hydrogen-bond donors (Lipinski definition) is 2. The van der Waals surface area contributed by atoms with E-state index in [0.29, 0.717) is 25.0 Å². The fourth-order valence-electron chi connectivity index (χ4n) is 6.36. The quantitative estimate of drug-likeness (QED) is 0.144. The Labute approximate surface area is 282 Å². The van der Waals surface area contributed by atoms with Crippen LogP contribution in [0.1, 0.15) is 87.5 Å². The van der Waals surface area contributed by atoms with Crippen LogP contribution in [0.2, 0.25) is 0 Å². The van der Waals surface area contributed by atoms with Gasteiger partial charge >= 0.3 is 5.97 Å². The van der Waals surface area contributed by atoms with Gasteiger partial charge in [0.1, 0.15) is 11.5 Å². The summed E-state index contributed by atoms with van der Waals surface area (Å²) >= 11 is 0. The molecule has 0 aliphatic heterocycles. The second-order valence-corrected chi connectivity index (χ2v) is 13.1. The van der Waals surface area contributed by atoms with Crippen LogP contribution >= 0.6 is 0 Å². The zero-order valence-electron chi connectivity index (χ0n) is 28.3. The van der Waals surface area contributed by atoms with Gasteiger partial charge in [0.15, 0.2) is 11.5 Å². The molecule has 48 heavy (non-hydrogen) atoms. The molecular weight excluding hydrogens is 610 g/mol. The molecule has 3 aromatic rings. The number of Topliss-reactive ketones (excluding diaryl/α,β-unsaturated/α-hetero) is 2. The van der Waals surface area contributed by atoms with E-state index in [1.807, 2.05) is 56.3 Å². The average molecular weight is 658 g/mol. The third kappa shape index (κ3) is 10.5. The number of carbonyl (C=O) groups excluding carboxylic acids is 5. The van der Waals surface area contributed by atoms with Crippen LogP contribution in [0, 0.1) is 24.7 Å². The number of fused-ring (bicyclic) bond motifs is 1. The van der Waals surface area contributed by atoms with E-state index in [-0.39, 0.29) is 54.5 Å². The van der Waals surface area contributed by atoms with Gasteiger partial charge in [-0.2, -0.15) is 0 Å². The third-order valence-corrected chi connectivity index (χ3v) is 8.73. The molecule has 2 N–H and O–H groups in total. The van der Waals surface area contributed by atoms with Gasteiger partial charge in [-0.1, -0.05) is 74.0 Å². The molecule has 10 heteroatoms. The SMILES string of the molecule is CCOC(=O)/C=C/[C@H](C[C@@H]1CCCCC1=O)NC(=O)C(CC(=O)[C@H](Cc1cccc2ccccc12)NC(=O)c1cc(C)on1)CC(C)C. The van der Waals surface area contributed by atoms with Crippen LogP contribution in [0.15, 0.2) is 65.2 Å². The van der Waals surface area contributed by atoms with Gasteiger partial charge in [0.25, 0.3) is 5.91 Å². The number of carbonyl (C=O) groups is 5. The van der Waals surface area contributed by atoms with E-state index in [1.165, 1.54) is 12.1 Å². The predicted molar refractivity (Wildman–Crippen MR) is 182 cm³/mol. The second-order valence-electron chi connectivity index (χ2n) is 13.1. The van der Waals surface area contributed by atoms with Crippen LogP contribution in [-0.4, -0.2) is 53.2 Å². The van der Waals surface area contributed by atoms with Crippen molar-refractivity contribution in [3.8, 4) is 0 Å². The molecular formula is C38H47N3O7. The Balaban J connectivity index is 1.57. The maximum Gasteiger partial charge on any atom is 0.330 e. The Morgan fingerprint density at radius 1 is 1.06 bits per heavy atom. The predicted octanol–water partition coefficient (Wildman–Crippen LogP) is 5.85. The normalized spacial score (nSPS) is 16.9. The third-order valence-electron chi connectivity index (χ3n) is 8.73. The highest BCUT2D eigenvalue weighted by molar-refractivity contribution is 5.98. The van der Waals surface area contributed by atoms with Crippen LogP contribution in [0.4, 0.5) is 0 Å². The lowest BCUT2D eigenvalue weighted by Gasteiger charge is -2.27. The number of rotatable bonds is 16. The molecule has 0 saturated heterocycles. The summed E-state index contributed by atoms with van der Waals surface area (Å²) in [6, 6.07) is 13.6. The topological polar surface area (TPSA) is 145 Å². The lowest BCUT2D eigenvalue weighted by Crippen LogP contribution is -2.45. The lowest BCUT2D eigenvalue weighted by atomic mass is 9.83. The molecule has 1 aromatic heterocycles. The van der Waals surface area contributed by atoms with Crippen molar-refractivity contribution in [1.82, 2.24) is 15.8 Å². The largest absolute Gasteiger partial charge is 0.463 e. The van der Waals surface area contributed by atoms with Crippen molar-refractivity contribution in [2.75, 3.05) is 6.61 Å². The molecule has 1 aliphatic rings. The highest BCUT2D eigenvalue weighted by atomic mass is 16.5. The molecule has 256 valence electrons. The first kappa shape index (κ1) is 36.2. The molecule has 2 aromatic carbocycles. The van der Waals surface area contributed by atoms with Crippen LogP contribution < -0.4 is 10.6 Å². The van der Waals surface area contributed by atoms with Crippen LogP contribution in [-0.2, 0) is 30.3 Å². The molecule has 1 heterocycles. The van der Waals surface area contributed by atoms with Crippen molar-refractivity contribution in [3.63, 3.8) is 0 Å². The summed E-state index contributed by atoms with van der Waals surface area (Å²) in [6.07, 6.45) is 6.77. The summed E-state index contributed by atoms with van der Waals surface area (Å²) in [5, 5.41) is 11.7. The fourth-order valence-corrected chi connectivity index (χ4v) is 6.36. The number of ether oxygens (including phenoxy) is 1. The van der Waals surface area contributed by atoms with Gasteiger partial charge in [-0.3, -0.25) is 19.2 Å². The van der Waals surface area contributed by atoms with Crippen LogP contribution in [0.25, 0.3) is 10.8 Å². The zero-order chi connectivity index (χ0) is 34.6. The number of benzene rings is 2. The monoisotopic (exact) mass is 657 g/mol. The lowest BCUT2D eigenvalue weighted by molar-refractivity contribution is -0.137. The first-order chi connectivity index (χ1) is 23.0. The molecule has 10 nitrogen and oxygen atoms in total. The van der Waals surface area contributed by atoms with E-state index in [2.05, 4.69) is 15.8 Å². The van der Waals surface area contributed by atoms with Crippen molar-refractivity contribution >= 4 is 40.1 Å². The summed E-state index contributed by atoms with van der Waals surface area (Å²) in [5.74, 6) is -1.93. The molecule has 1 aliphatic carbocycles. The molecule has 0 spiro atoms. The Morgan fingerprint density at radius 3 is 2.54 bits per heavy atom. The first-order valence-electron chi connectivity index (χ1n) is 17.0. The fraction of sp³-hybridized carbons (Fsp3) is 0.474. The molecule has 4 rings (SSSR count). The van der Waals surface area contributed by atoms with Gasteiger partial charge in [-0.05, 0) is 61.8 Å². The highest BCUT2D eigenvalue weighted by Crippen LogP contribution is 2.26. The Kier molecular flexibility index (Phi) is 13.2.